The van der Waals surface area contributed by atoms with Crippen LogP contribution >= 0.6 is 0 Å². The molecule has 2 N–H and O–H groups in total. The topological polar surface area (TPSA) is 78.7 Å². The Hall–Kier alpha value is -3.61. The van der Waals surface area contributed by atoms with E-state index in [4.69, 9.17) is 0 Å². The van der Waals surface area contributed by atoms with Gasteiger partial charge in [-0.3, -0.25) is 4.79 Å². The van der Waals surface area contributed by atoms with E-state index < -0.39 is 0 Å². The van der Waals surface area contributed by atoms with Crippen LogP contribution in [0.1, 0.15) is 56.1 Å². The number of aromatic nitrogens is 2. The summed E-state index contributed by atoms with van der Waals surface area (Å²) in [4.78, 5) is 31.4. The second kappa shape index (κ2) is 9.71. The van der Waals surface area contributed by atoms with Crippen molar-refractivity contribution >= 4 is 23.3 Å². The molecule has 0 unspecified atom stereocenters. The summed E-state index contributed by atoms with van der Waals surface area (Å²) in [6.45, 7) is 4.16. The van der Waals surface area contributed by atoms with Crippen molar-refractivity contribution < 1.29 is 9.59 Å². The van der Waals surface area contributed by atoms with Crippen LogP contribution < -0.4 is 10.6 Å². The van der Waals surface area contributed by atoms with Crippen molar-refractivity contribution in [1.29, 1.82) is 0 Å². The molecule has 176 valence electrons. The fraction of sp³-hybridized carbons (Fsp3) is 0.370. The normalized spacial score (nSPS) is 16.8. The Balaban J connectivity index is 1.10. The molecule has 0 spiro atoms. The summed E-state index contributed by atoms with van der Waals surface area (Å²) < 4.78 is 1.93. The summed E-state index contributed by atoms with van der Waals surface area (Å²) in [5, 5.41) is 5.80. The minimum atomic E-state index is -0.237. The zero-order valence-corrected chi connectivity index (χ0v) is 19.6. The summed E-state index contributed by atoms with van der Waals surface area (Å²) in [5.41, 5.74) is 6.21. The second-order valence-corrected chi connectivity index (χ2v) is 9.34. The Morgan fingerprint density at radius 3 is 2.59 bits per heavy atom. The first-order valence-corrected chi connectivity index (χ1v) is 12.1. The third-order valence-electron chi connectivity index (χ3n) is 7.09. The number of urea groups is 1. The molecule has 34 heavy (non-hydrogen) atoms. The van der Waals surface area contributed by atoms with Gasteiger partial charge in [-0.15, -0.1) is 0 Å². The first kappa shape index (κ1) is 22.2. The van der Waals surface area contributed by atoms with Crippen LogP contribution in [0, 0.1) is 0 Å². The van der Waals surface area contributed by atoms with Crippen molar-refractivity contribution in [2.24, 2.45) is 0 Å². The Labute approximate surface area is 199 Å². The molecule has 5 rings (SSSR count). The minimum absolute atomic E-state index is 0.237. The van der Waals surface area contributed by atoms with Crippen LogP contribution in [0.3, 0.4) is 0 Å². The maximum Gasteiger partial charge on any atom is 0.319 e. The maximum atomic E-state index is 12.8. The number of fused-ring (bicyclic) bond motifs is 1. The van der Waals surface area contributed by atoms with E-state index in [1.54, 1.807) is 6.20 Å². The lowest BCUT2D eigenvalue weighted by Gasteiger charge is -2.33. The van der Waals surface area contributed by atoms with Crippen LogP contribution in [0.25, 0.3) is 5.65 Å². The molecule has 0 bridgehead atoms. The highest BCUT2D eigenvalue weighted by molar-refractivity contribution is 5.94. The highest BCUT2D eigenvalue weighted by Gasteiger charge is 2.27. The Bertz CT molecular complexity index is 1220. The van der Waals surface area contributed by atoms with Crippen LogP contribution in [0.15, 0.2) is 66.1 Å². The van der Waals surface area contributed by atoms with Gasteiger partial charge < -0.3 is 19.9 Å². The molecule has 3 aromatic rings. The Morgan fingerprint density at radius 1 is 1.06 bits per heavy atom. The molecule has 7 heteroatoms. The summed E-state index contributed by atoms with van der Waals surface area (Å²) in [6.07, 6.45) is 10.6. The SMILES string of the molecule is CC1=C(C(=O)N2CCC(c3ccc(NC(=O)NCc4ccn5ccnc5c4)cc3)CC2)CCC1. The molecule has 1 aliphatic carbocycles. The molecule has 0 saturated carbocycles. The Morgan fingerprint density at radius 2 is 1.85 bits per heavy atom. The number of imidazole rings is 1. The zero-order valence-electron chi connectivity index (χ0n) is 19.6. The van der Waals surface area contributed by atoms with E-state index >= 15 is 0 Å². The molecular formula is C27H31N5O2. The number of carbonyl (C=O) groups excluding carboxylic acids is 2. The quantitative estimate of drug-likeness (QED) is 0.574. The number of piperidine rings is 1. The highest BCUT2D eigenvalue weighted by Crippen LogP contribution is 2.32. The number of benzene rings is 1. The van der Waals surface area contributed by atoms with Crippen LogP contribution in [0.4, 0.5) is 10.5 Å². The lowest BCUT2D eigenvalue weighted by atomic mass is 9.89. The molecule has 1 saturated heterocycles. The number of carbonyl (C=O) groups is 2. The first-order valence-electron chi connectivity index (χ1n) is 12.1. The second-order valence-electron chi connectivity index (χ2n) is 9.34. The summed E-state index contributed by atoms with van der Waals surface area (Å²) in [6, 6.07) is 11.8. The monoisotopic (exact) mass is 457 g/mol. The van der Waals surface area contributed by atoms with E-state index in [2.05, 4.69) is 34.7 Å². The number of rotatable bonds is 5. The third kappa shape index (κ3) is 4.83. The number of likely N-dealkylation sites (tertiary alicyclic amines) is 1. The fourth-order valence-corrected chi connectivity index (χ4v) is 5.05. The predicted octanol–water partition coefficient (Wildman–Crippen LogP) is 4.86. The van der Waals surface area contributed by atoms with Gasteiger partial charge in [0.1, 0.15) is 5.65 Å². The van der Waals surface area contributed by atoms with E-state index in [1.807, 2.05) is 46.0 Å². The van der Waals surface area contributed by atoms with Gasteiger partial charge in [0.25, 0.3) is 0 Å². The molecule has 0 radical (unpaired) electrons. The Kier molecular flexibility index (Phi) is 6.34. The van der Waals surface area contributed by atoms with Crippen LogP contribution in [0.2, 0.25) is 0 Å². The van der Waals surface area contributed by atoms with Crippen molar-refractivity contribution in [3.05, 3.63) is 77.3 Å². The van der Waals surface area contributed by atoms with E-state index in [1.165, 1.54) is 11.1 Å². The lowest BCUT2D eigenvalue weighted by Crippen LogP contribution is -2.38. The first-order chi connectivity index (χ1) is 16.6. The van der Waals surface area contributed by atoms with Gasteiger partial charge >= 0.3 is 6.03 Å². The largest absolute Gasteiger partial charge is 0.339 e. The summed E-state index contributed by atoms with van der Waals surface area (Å²) in [7, 11) is 0. The van der Waals surface area contributed by atoms with Crippen LogP contribution in [-0.2, 0) is 11.3 Å². The number of pyridine rings is 1. The van der Waals surface area contributed by atoms with E-state index in [0.717, 1.165) is 67.7 Å². The van der Waals surface area contributed by atoms with Crippen molar-refractivity contribution in [3.8, 4) is 0 Å². The van der Waals surface area contributed by atoms with Gasteiger partial charge in [-0.05, 0) is 80.3 Å². The van der Waals surface area contributed by atoms with Gasteiger partial charge in [0.2, 0.25) is 5.91 Å². The molecule has 3 heterocycles. The van der Waals surface area contributed by atoms with Crippen molar-refractivity contribution in [3.63, 3.8) is 0 Å². The van der Waals surface area contributed by atoms with E-state index in [9.17, 15) is 9.59 Å². The zero-order chi connectivity index (χ0) is 23.5. The maximum absolute atomic E-state index is 12.8. The van der Waals surface area contributed by atoms with Gasteiger partial charge in [-0.1, -0.05) is 17.7 Å². The van der Waals surface area contributed by atoms with Gasteiger partial charge in [0.15, 0.2) is 0 Å². The third-order valence-corrected chi connectivity index (χ3v) is 7.09. The molecule has 1 fully saturated rings. The smallest absolute Gasteiger partial charge is 0.319 e. The molecular weight excluding hydrogens is 426 g/mol. The van der Waals surface area contributed by atoms with Crippen molar-refractivity contribution in [2.45, 2.75) is 51.5 Å². The molecule has 1 aliphatic heterocycles. The molecule has 2 aliphatic rings. The van der Waals surface area contributed by atoms with Crippen LogP contribution in [0.5, 0.6) is 0 Å². The van der Waals surface area contributed by atoms with Gasteiger partial charge in [0, 0.05) is 49.5 Å². The number of hydrogen-bond acceptors (Lipinski definition) is 3. The number of hydrogen-bond donors (Lipinski definition) is 2. The molecule has 0 atom stereocenters. The summed E-state index contributed by atoms with van der Waals surface area (Å²) in [5.74, 6) is 0.701. The average Bonchev–Trinajstić information content (AvgIpc) is 3.51. The number of nitrogens with zero attached hydrogens (tertiary/aromatic N) is 3. The lowest BCUT2D eigenvalue weighted by molar-refractivity contribution is -0.128. The molecule has 7 nitrogen and oxygen atoms in total. The molecule has 3 amide bonds. The highest BCUT2D eigenvalue weighted by atomic mass is 16.2. The number of anilines is 1. The number of allylic oxidation sites excluding steroid dienone is 1. The van der Waals surface area contributed by atoms with Gasteiger partial charge in [-0.2, -0.15) is 0 Å². The van der Waals surface area contributed by atoms with Crippen molar-refractivity contribution in [1.82, 2.24) is 19.6 Å². The summed E-state index contributed by atoms with van der Waals surface area (Å²) >= 11 is 0. The van der Waals surface area contributed by atoms with Crippen molar-refractivity contribution in [2.75, 3.05) is 18.4 Å². The fourth-order valence-electron chi connectivity index (χ4n) is 5.05. The minimum Gasteiger partial charge on any atom is -0.339 e. The average molecular weight is 458 g/mol. The standard InChI is InChI=1S/C27H31N5O2/c1-19-3-2-4-24(19)26(33)32-14-10-22(11-15-32)21-5-7-23(8-6-21)30-27(34)29-18-20-9-13-31-16-12-28-25(31)17-20/h5-9,12-13,16-17,22H,2-4,10-11,14-15,18H2,1H3,(H2,29,30,34). The van der Waals surface area contributed by atoms with Gasteiger partial charge in [-0.25, -0.2) is 9.78 Å². The predicted molar refractivity (Wildman–Crippen MR) is 133 cm³/mol. The van der Waals surface area contributed by atoms with Crippen LogP contribution in [-0.4, -0.2) is 39.3 Å². The van der Waals surface area contributed by atoms with E-state index in [0.29, 0.717) is 12.5 Å². The molecule has 2 aromatic heterocycles. The number of nitrogens with one attached hydrogen (secondary N) is 2. The number of amides is 3. The van der Waals surface area contributed by atoms with Gasteiger partial charge in [0.05, 0.1) is 0 Å². The molecule has 1 aromatic carbocycles. The van der Waals surface area contributed by atoms with E-state index in [-0.39, 0.29) is 11.9 Å².